The van der Waals surface area contributed by atoms with E-state index >= 15 is 0 Å². The molecular weight excluding hydrogens is 251 g/mol. The number of aromatic carboxylic acids is 1. The molecule has 98 valence electrons. The number of carboxylic acid groups (broad SMARTS) is 1. The molecule has 1 aromatic carbocycles. The molecule has 2 rings (SSSR count). The largest absolute Gasteiger partial charge is 0.478 e. The van der Waals surface area contributed by atoms with E-state index in [4.69, 9.17) is 9.84 Å². The number of benzene rings is 1. The Balaban J connectivity index is 2.49. The average Bonchev–Trinajstić information content (AvgIpc) is 2.36. The number of aromatic nitrogens is 2. The predicted octanol–water partition coefficient (Wildman–Crippen LogP) is 2.72. The lowest BCUT2D eigenvalue weighted by atomic mass is 10.1. The molecule has 0 amide bonds. The minimum absolute atomic E-state index is 0.0457. The average molecular weight is 262 g/mol. The SMILES string of the molecule is Cc1cccc(C(=O)O)c1Oc1ncnc(C)c1F. The maximum absolute atomic E-state index is 13.8. The Bertz CT molecular complexity index is 644. The molecule has 0 radical (unpaired) electrons. The van der Waals surface area contributed by atoms with Gasteiger partial charge >= 0.3 is 5.97 Å². The summed E-state index contributed by atoms with van der Waals surface area (Å²) in [5, 5.41) is 9.09. The summed E-state index contributed by atoms with van der Waals surface area (Å²) in [6.07, 6.45) is 1.16. The quantitative estimate of drug-likeness (QED) is 0.920. The Hall–Kier alpha value is -2.50. The van der Waals surface area contributed by atoms with Gasteiger partial charge in [0.15, 0.2) is 0 Å². The fraction of sp³-hybridized carbons (Fsp3) is 0.154. The van der Waals surface area contributed by atoms with Gasteiger partial charge in [-0.3, -0.25) is 0 Å². The molecule has 2 aromatic rings. The number of carboxylic acids is 1. The van der Waals surface area contributed by atoms with E-state index in [1.807, 2.05) is 0 Å². The van der Waals surface area contributed by atoms with E-state index in [1.54, 1.807) is 19.1 Å². The van der Waals surface area contributed by atoms with Gasteiger partial charge in [0.2, 0.25) is 5.82 Å². The monoisotopic (exact) mass is 262 g/mol. The highest BCUT2D eigenvalue weighted by Gasteiger charge is 2.17. The summed E-state index contributed by atoms with van der Waals surface area (Å²) in [4.78, 5) is 18.5. The Morgan fingerprint density at radius 2 is 2.05 bits per heavy atom. The molecule has 1 N–H and O–H groups in total. The van der Waals surface area contributed by atoms with Crippen LogP contribution < -0.4 is 4.74 Å². The topological polar surface area (TPSA) is 72.3 Å². The summed E-state index contributed by atoms with van der Waals surface area (Å²) < 4.78 is 19.1. The fourth-order valence-corrected chi connectivity index (χ4v) is 1.56. The molecule has 0 atom stereocenters. The molecule has 0 aliphatic rings. The van der Waals surface area contributed by atoms with Crippen LogP contribution in [0.15, 0.2) is 24.5 Å². The molecule has 0 aliphatic heterocycles. The third-order valence-electron chi connectivity index (χ3n) is 2.57. The Kier molecular flexibility index (Phi) is 3.41. The second kappa shape index (κ2) is 5.01. The number of rotatable bonds is 3. The van der Waals surface area contributed by atoms with Crippen molar-refractivity contribution in [3.63, 3.8) is 0 Å². The number of para-hydroxylation sites is 1. The Labute approximate surface area is 108 Å². The zero-order valence-electron chi connectivity index (χ0n) is 10.3. The standard InChI is InChI=1S/C13H11FN2O3/c1-7-4-3-5-9(13(17)18)11(7)19-12-10(14)8(2)15-6-16-12/h3-6H,1-2H3,(H,17,18). The predicted molar refractivity (Wildman–Crippen MR) is 64.9 cm³/mol. The molecule has 5 nitrogen and oxygen atoms in total. The zero-order chi connectivity index (χ0) is 14.0. The second-order valence-electron chi connectivity index (χ2n) is 3.94. The van der Waals surface area contributed by atoms with Crippen LogP contribution in [0.3, 0.4) is 0 Å². The van der Waals surface area contributed by atoms with E-state index in [2.05, 4.69) is 9.97 Å². The van der Waals surface area contributed by atoms with Crippen LogP contribution in [-0.2, 0) is 0 Å². The van der Waals surface area contributed by atoms with Crippen molar-refractivity contribution in [2.45, 2.75) is 13.8 Å². The minimum Gasteiger partial charge on any atom is -0.478 e. The molecule has 0 saturated carbocycles. The van der Waals surface area contributed by atoms with Gasteiger partial charge in [0.05, 0.1) is 5.69 Å². The summed E-state index contributed by atoms with van der Waals surface area (Å²) in [6, 6.07) is 4.65. The second-order valence-corrected chi connectivity index (χ2v) is 3.94. The molecular formula is C13H11FN2O3. The zero-order valence-corrected chi connectivity index (χ0v) is 10.3. The van der Waals surface area contributed by atoms with Gasteiger partial charge in [-0.1, -0.05) is 12.1 Å². The van der Waals surface area contributed by atoms with Gasteiger partial charge in [-0.25, -0.2) is 9.78 Å². The van der Waals surface area contributed by atoms with Crippen LogP contribution in [0.4, 0.5) is 4.39 Å². The highest BCUT2D eigenvalue weighted by molar-refractivity contribution is 5.91. The molecule has 1 aromatic heterocycles. The minimum atomic E-state index is -1.15. The van der Waals surface area contributed by atoms with Gasteiger partial charge in [0.1, 0.15) is 17.6 Å². The Morgan fingerprint density at radius 3 is 2.74 bits per heavy atom. The normalized spacial score (nSPS) is 10.3. The number of carbonyl (C=O) groups is 1. The summed E-state index contributed by atoms with van der Waals surface area (Å²) in [6.45, 7) is 3.15. The molecule has 0 spiro atoms. The van der Waals surface area contributed by atoms with Crippen molar-refractivity contribution in [2.75, 3.05) is 0 Å². The third kappa shape index (κ3) is 2.52. The number of aryl methyl sites for hydroxylation is 2. The van der Waals surface area contributed by atoms with Crippen molar-refractivity contribution in [1.29, 1.82) is 0 Å². The van der Waals surface area contributed by atoms with Crippen LogP contribution in [0.25, 0.3) is 0 Å². The first-order valence-corrected chi connectivity index (χ1v) is 5.48. The van der Waals surface area contributed by atoms with Crippen LogP contribution in [-0.4, -0.2) is 21.0 Å². The molecule has 0 fully saturated rings. The van der Waals surface area contributed by atoms with Gasteiger partial charge in [-0.2, -0.15) is 9.37 Å². The first kappa shape index (κ1) is 12.9. The van der Waals surface area contributed by atoms with Crippen LogP contribution >= 0.6 is 0 Å². The molecule has 0 aliphatic carbocycles. The molecule has 1 heterocycles. The van der Waals surface area contributed by atoms with Gasteiger partial charge in [-0.05, 0) is 25.5 Å². The van der Waals surface area contributed by atoms with E-state index in [0.29, 0.717) is 5.56 Å². The fourth-order valence-electron chi connectivity index (χ4n) is 1.56. The summed E-state index contributed by atoms with van der Waals surface area (Å²) in [5.74, 6) is -2.07. The third-order valence-corrected chi connectivity index (χ3v) is 2.57. The molecule has 19 heavy (non-hydrogen) atoms. The van der Waals surface area contributed by atoms with Crippen molar-refractivity contribution in [2.24, 2.45) is 0 Å². The summed E-state index contributed by atoms with van der Waals surface area (Å²) >= 11 is 0. The number of nitrogens with zero attached hydrogens (tertiary/aromatic N) is 2. The maximum atomic E-state index is 13.8. The lowest BCUT2D eigenvalue weighted by Crippen LogP contribution is -2.04. The van der Waals surface area contributed by atoms with E-state index in [0.717, 1.165) is 6.33 Å². The Morgan fingerprint density at radius 1 is 1.32 bits per heavy atom. The molecule has 0 bridgehead atoms. The van der Waals surface area contributed by atoms with Crippen molar-refractivity contribution in [3.8, 4) is 11.6 Å². The first-order chi connectivity index (χ1) is 9.00. The molecule has 6 heteroatoms. The highest BCUT2D eigenvalue weighted by Crippen LogP contribution is 2.29. The van der Waals surface area contributed by atoms with Crippen LogP contribution in [0.1, 0.15) is 21.6 Å². The number of halogens is 1. The number of hydrogen-bond acceptors (Lipinski definition) is 4. The van der Waals surface area contributed by atoms with Crippen LogP contribution in [0, 0.1) is 19.7 Å². The van der Waals surface area contributed by atoms with Gasteiger partial charge in [-0.15, -0.1) is 0 Å². The summed E-state index contributed by atoms with van der Waals surface area (Å²) in [5.41, 5.74) is 0.668. The first-order valence-electron chi connectivity index (χ1n) is 5.48. The maximum Gasteiger partial charge on any atom is 0.339 e. The van der Waals surface area contributed by atoms with Crippen molar-refractivity contribution in [3.05, 3.63) is 47.2 Å². The van der Waals surface area contributed by atoms with Gasteiger partial charge in [0, 0.05) is 0 Å². The smallest absolute Gasteiger partial charge is 0.339 e. The number of ether oxygens (including phenoxy) is 1. The van der Waals surface area contributed by atoms with E-state index in [1.165, 1.54) is 13.0 Å². The van der Waals surface area contributed by atoms with Gasteiger partial charge in [0.25, 0.3) is 5.88 Å². The van der Waals surface area contributed by atoms with Crippen molar-refractivity contribution < 1.29 is 19.0 Å². The van der Waals surface area contributed by atoms with Gasteiger partial charge < -0.3 is 9.84 Å². The van der Waals surface area contributed by atoms with Crippen LogP contribution in [0.5, 0.6) is 11.6 Å². The van der Waals surface area contributed by atoms with E-state index in [9.17, 15) is 9.18 Å². The lowest BCUT2D eigenvalue weighted by Gasteiger charge is -2.11. The summed E-state index contributed by atoms with van der Waals surface area (Å²) in [7, 11) is 0. The van der Waals surface area contributed by atoms with Crippen molar-refractivity contribution in [1.82, 2.24) is 9.97 Å². The molecule has 0 unspecified atom stereocenters. The van der Waals surface area contributed by atoms with E-state index in [-0.39, 0.29) is 22.9 Å². The molecule has 0 saturated heterocycles. The number of hydrogen-bond donors (Lipinski definition) is 1. The lowest BCUT2D eigenvalue weighted by molar-refractivity contribution is 0.0693. The van der Waals surface area contributed by atoms with Crippen LogP contribution in [0.2, 0.25) is 0 Å². The van der Waals surface area contributed by atoms with E-state index < -0.39 is 11.8 Å². The van der Waals surface area contributed by atoms with Crippen molar-refractivity contribution >= 4 is 5.97 Å². The highest BCUT2D eigenvalue weighted by atomic mass is 19.1.